The highest BCUT2D eigenvalue weighted by Crippen LogP contribution is 2.23. The molecule has 1 fully saturated rings. The first kappa shape index (κ1) is 12.4. The van der Waals surface area contributed by atoms with Gasteiger partial charge in [0.15, 0.2) is 0 Å². The lowest BCUT2D eigenvalue weighted by atomic mass is 10.0. The summed E-state index contributed by atoms with van der Waals surface area (Å²) in [4.78, 5) is 9.33. The highest BCUT2D eigenvalue weighted by atomic mass is 15.3. The third-order valence-corrected chi connectivity index (χ3v) is 3.99. The van der Waals surface area contributed by atoms with Gasteiger partial charge >= 0.3 is 0 Å². The summed E-state index contributed by atoms with van der Waals surface area (Å²) in [5.74, 6) is 0. The van der Waals surface area contributed by atoms with Gasteiger partial charge in [-0.2, -0.15) is 0 Å². The normalized spacial score (nSPS) is 26.2. The van der Waals surface area contributed by atoms with Crippen molar-refractivity contribution >= 4 is 5.69 Å². The van der Waals surface area contributed by atoms with Gasteiger partial charge < -0.3 is 4.90 Å². The Morgan fingerprint density at radius 3 is 2.65 bits per heavy atom. The molecule has 3 nitrogen and oxygen atoms in total. The lowest BCUT2D eigenvalue weighted by Crippen LogP contribution is -2.57. The summed E-state index contributed by atoms with van der Waals surface area (Å²) in [6.07, 6.45) is 3.90. The summed E-state index contributed by atoms with van der Waals surface area (Å²) < 4.78 is 0. The highest BCUT2D eigenvalue weighted by Gasteiger charge is 2.29. The Bertz CT molecular complexity index is 377. The van der Waals surface area contributed by atoms with Gasteiger partial charge in [0, 0.05) is 31.4 Å². The number of nitrogens with zero attached hydrogens (tertiary/aromatic N) is 3. The van der Waals surface area contributed by atoms with E-state index in [9.17, 15) is 0 Å². The van der Waals surface area contributed by atoms with Gasteiger partial charge in [0.05, 0.1) is 11.9 Å². The van der Waals surface area contributed by atoms with Crippen molar-refractivity contribution in [2.45, 2.75) is 39.8 Å². The second-order valence-electron chi connectivity index (χ2n) is 5.02. The van der Waals surface area contributed by atoms with E-state index in [1.165, 1.54) is 11.3 Å². The minimum atomic E-state index is 0.548. The van der Waals surface area contributed by atoms with Crippen LogP contribution in [0, 0.1) is 6.92 Å². The first-order valence-electron chi connectivity index (χ1n) is 6.55. The molecule has 2 atom stereocenters. The molecule has 1 aliphatic heterocycles. The average molecular weight is 233 g/mol. The average Bonchev–Trinajstić information content (AvgIpc) is 2.32. The minimum Gasteiger partial charge on any atom is -0.365 e. The zero-order valence-corrected chi connectivity index (χ0v) is 11.3. The number of anilines is 1. The number of pyridine rings is 1. The number of aromatic nitrogens is 1. The summed E-state index contributed by atoms with van der Waals surface area (Å²) in [6.45, 7) is 12.4. The predicted molar refractivity (Wildman–Crippen MR) is 72.5 cm³/mol. The van der Waals surface area contributed by atoms with Crippen LogP contribution in [0.2, 0.25) is 0 Å². The molecule has 17 heavy (non-hydrogen) atoms. The summed E-state index contributed by atoms with van der Waals surface area (Å²) in [5.41, 5.74) is 2.50. The van der Waals surface area contributed by atoms with Crippen LogP contribution < -0.4 is 4.90 Å². The molecule has 1 aliphatic rings. The van der Waals surface area contributed by atoms with Crippen LogP contribution in [0.1, 0.15) is 26.3 Å². The maximum Gasteiger partial charge on any atom is 0.0558 e. The predicted octanol–water partition coefficient (Wildman–Crippen LogP) is 2.31. The van der Waals surface area contributed by atoms with E-state index < -0.39 is 0 Å². The fourth-order valence-corrected chi connectivity index (χ4v) is 2.72. The van der Waals surface area contributed by atoms with Crippen LogP contribution in [-0.4, -0.2) is 41.6 Å². The van der Waals surface area contributed by atoms with Gasteiger partial charge in [-0.1, -0.05) is 6.92 Å². The number of hydrogen-bond donors (Lipinski definition) is 0. The highest BCUT2D eigenvalue weighted by molar-refractivity contribution is 5.47. The smallest absolute Gasteiger partial charge is 0.0558 e. The molecule has 94 valence electrons. The van der Waals surface area contributed by atoms with Crippen molar-refractivity contribution in [2.75, 3.05) is 24.5 Å². The molecule has 1 saturated heterocycles. The molecule has 0 spiro atoms. The van der Waals surface area contributed by atoms with Crippen molar-refractivity contribution in [1.29, 1.82) is 0 Å². The molecule has 2 rings (SSSR count). The second-order valence-corrected chi connectivity index (χ2v) is 5.02. The lowest BCUT2D eigenvalue weighted by molar-refractivity contribution is 0.166. The van der Waals surface area contributed by atoms with Crippen molar-refractivity contribution in [2.24, 2.45) is 0 Å². The quantitative estimate of drug-likeness (QED) is 0.781. The van der Waals surface area contributed by atoms with Crippen molar-refractivity contribution in [3.8, 4) is 0 Å². The molecule has 0 N–H and O–H groups in total. The van der Waals surface area contributed by atoms with E-state index in [2.05, 4.69) is 48.5 Å². The molecule has 0 aliphatic carbocycles. The first-order chi connectivity index (χ1) is 8.13. The Balaban J connectivity index is 2.18. The molecule has 2 unspecified atom stereocenters. The number of likely N-dealkylation sites (N-methyl/N-ethyl adjacent to an activating group) is 1. The van der Waals surface area contributed by atoms with Gasteiger partial charge in [-0.05, 0) is 38.9 Å². The lowest BCUT2D eigenvalue weighted by Gasteiger charge is -2.45. The molecular weight excluding hydrogens is 210 g/mol. The molecule has 0 aromatic carbocycles. The van der Waals surface area contributed by atoms with Crippen LogP contribution >= 0.6 is 0 Å². The standard InChI is InChI=1S/C14H23N3/c1-5-16-6-7-17(13(4)12(16)3)14-8-11(2)9-15-10-14/h8-10,12-13H,5-7H2,1-4H3. The molecule has 0 radical (unpaired) electrons. The zero-order chi connectivity index (χ0) is 12.4. The number of piperazine rings is 1. The van der Waals surface area contributed by atoms with Crippen LogP contribution in [0.4, 0.5) is 5.69 Å². The first-order valence-corrected chi connectivity index (χ1v) is 6.55. The van der Waals surface area contributed by atoms with Crippen LogP contribution in [0.3, 0.4) is 0 Å². The van der Waals surface area contributed by atoms with Crippen molar-refractivity contribution in [3.63, 3.8) is 0 Å². The minimum absolute atomic E-state index is 0.548. The van der Waals surface area contributed by atoms with Crippen LogP contribution in [0.25, 0.3) is 0 Å². The van der Waals surface area contributed by atoms with E-state index >= 15 is 0 Å². The van der Waals surface area contributed by atoms with Crippen LogP contribution in [-0.2, 0) is 0 Å². The maximum atomic E-state index is 4.30. The molecule has 1 aromatic heterocycles. The third-order valence-electron chi connectivity index (χ3n) is 3.99. The van der Waals surface area contributed by atoms with E-state index in [0.29, 0.717) is 12.1 Å². The van der Waals surface area contributed by atoms with E-state index in [0.717, 1.165) is 19.6 Å². The van der Waals surface area contributed by atoms with Crippen molar-refractivity contribution in [3.05, 3.63) is 24.0 Å². The third kappa shape index (κ3) is 2.44. The van der Waals surface area contributed by atoms with Gasteiger partial charge in [-0.3, -0.25) is 9.88 Å². The number of hydrogen-bond acceptors (Lipinski definition) is 3. The van der Waals surface area contributed by atoms with Crippen LogP contribution in [0.5, 0.6) is 0 Å². The monoisotopic (exact) mass is 233 g/mol. The molecule has 0 amide bonds. The zero-order valence-electron chi connectivity index (χ0n) is 11.3. The van der Waals surface area contributed by atoms with E-state index in [-0.39, 0.29) is 0 Å². The Hall–Kier alpha value is -1.09. The topological polar surface area (TPSA) is 19.4 Å². The van der Waals surface area contributed by atoms with E-state index in [1.807, 2.05) is 12.4 Å². The molecule has 0 saturated carbocycles. The molecular formula is C14H23N3. The summed E-state index contributed by atoms with van der Waals surface area (Å²) in [7, 11) is 0. The molecule has 3 heteroatoms. The number of aryl methyl sites for hydroxylation is 1. The fourth-order valence-electron chi connectivity index (χ4n) is 2.72. The van der Waals surface area contributed by atoms with Gasteiger partial charge in [-0.15, -0.1) is 0 Å². The van der Waals surface area contributed by atoms with Gasteiger partial charge in [0.2, 0.25) is 0 Å². The van der Waals surface area contributed by atoms with Gasteiger partial charge in [-0.25, -0.2) is 0 Å². The Labute approximate surface area is 104 Å². The fraction of sp³-hybridized carbons (Fsp3) is 0.643. The SMILES string of the molecule is CCN1CCN(c2cncc(C)c2)C(C)C1C. The van der Waals surface area contributed by atoms with Gasteiger partial charge in [0.25, 0.3) is 0 Å². The molecule has 1 aromatic rings. The summed E-state index contributed by atoms with van der Waals surface area (Å²) in [5, 5.41) is 0. The Morgan fingerprint density at radius 1 is 1.24 bits per heavy atom. The van der Waals surface area contributed by atoms with Crippen molar-refractivity contribution < 1.29 is 0 Å². The summed E-state index contributed by atoms with van der Waals surface area (Å²) >= 11 is 0. The summed E-state index contributed by atoms with van der Waals surface area (Å²) in [6, 6.07) is 3.39. The molecule has 2 heterocycles. The maximum absolute atomic E-state index is 4.30. The van der Waals surface area contributed by atoms with E-state index in [1.54, 1.807) is 0 Å². The Kier molecular flexibility index (Phi) is 3.67. The van der Waals surface area contributed by atoms with E-state index in [4.69, 9.17) is 0 Å². The second kappa shape index (κ2) is 5.05. The number of rotatable bonds is 2. The van der Waals surface area contributed by atoms with Gasteiger partial charge in [0.1, 0.15) is 0 Å². The largest absolute Gasteiger partial charge is 0.365 e. The molecule has 0 bridgehead atoms. The van der Waals surface area contributed by atoms with Crippen molar-refractivity contribution in [1.82, 2.24) is 9.88 Å². The Morgan fingerprint density at radius 2 is 2.00 bits per heavy atom. The van der Waals surface area contributed by atoms with Crippen LogP contribution in [0.15, 0.2) is 18.5 Å².